The van der Waals surface area contributed by atoms with Crippen LogP contribution >= 0.6 is 0 Å². The lowest BCUT2D eigenvalue weighted by Gasteiger charge is -2.07. The van der Waals surface area contributed by atoms with Crippen LogP contribution in [0, 0.1) is 20.2 Å². The zero-order valence-corrected chi connectivity index (χ0v) is 13.2. The van der Waals surface area contributed by atoms with Gasteiger partial charge in [0.15, 0.2) is 0 Å². The zero-order chi connectivity index (χ0) is 17.7. The first-order valence-corrected chi connectivity index (χ1v) is 7.09. The van der Waals surface area contributed by atoms with Gasteiger partial charge < -0.3 is 9.47 Å². The molecule has 0 amide bonds. The molecule has 126 valence electrons. The summed E-state index contributed by atoms with van der Waals surface area (Å²) in [5.74, 6) is 0.779. The molecule has 0 bridgehead atoms. The maximum atomic E-state index is 11.2. The summed E-state index contributed by atoms with van der Waals surface area (Å²) in [6.45, 7) is 0. The largest absolute Gasteiger partial charge is 0.497 e. The van der Waals surface area contributed by atoms with Crippen molar-refractivity contribution in [3.63, 3.8) is 0 Å². The van der Waals surface area contributed by atoms with Crippen LogP contribution in [0.5, 0.6) is 11.5 Å². The summed E-state index contributed by atoms with van der Waals surface area (Å²) in [5.41, 5.74) is 0.855. The van der Waals surface area contributed by atoms with E-state index in [-0.39, 0.29) is 11.4 Å². The van der Waals surface area contributed by atoms with E-state index in [0.29, 0.717) is 35.5 Å². The number of nitro groups is 2. The summed E-state index contributed by atoms with van der Waals surface area (Å²) in [4.78, 5) is 21.4. The van der Waals surface area contributed by atoms with E-state index in [2.05, 4.69) is 0 Å². The monoisotopic (exact) mass is 332 g/mol. The Balaban J connectivity index is 2.28. The summed E-state index contributed by atoms with van der Waals surface area (Å²) in [6.07, 6.45) is 0.598. The van der Waals surface area contributed by atoms with Crippen molar-refractivity contribution >= 4 is 11.4 Å². The Hall–Kier alpha value is -3.16. The summed E-state index contributed by atoms with van der Waals surface area (Å²) >= 11 is 0. The van der Waals surface area contributed by atoms with Crippen molar-refractivity contribution in [3.8, 4) is 11.5 Å². The van der Waals surface area contributed by atoms with Crippen LogP contribution in [0.1, 0.15) is 11.1 Å². The lowest BCUT2D eigenvalue weighted by atomic mass is 10.0. The number of hydrogen-bond donors (Lipinski definition) is 0. The van der Waals surface area contributed by atoms with E-state index < -0.39 is 9.85 Å². The number of nitro benzene ring substituents is 2. The zero-order valence-electron chi connectivity index (χ0n) is 13.2. The van der Waals surface area contributed by atoms with Gasteiger partial charge in [0, 0.05) is 11.1 Å². The molecule has 2 aromatic rings. The predicted octanol–water partition coefficient (Wildman–Crippen LogP) is 3.31. The van der Waals surface area contributed by atoms with Crippen LogP contribution < -0.4 is 9.47 Å². The smallest absolute Gasteiger partial charge is 0.276 e. The second-order valence-corrected chi connectivity index (χ2v) is 5.00. The summed E-state index contributed by atoms with van der Waals surface area (Å²) in [6, 6.07) is 9.16. The van der Waals surface area contributed by atoms with Crippen LogP contribution in [0.25, 0.3) is 0 Å². The van der Waals surface area contributed by atoms with Gasteiger partial charge in [0.05, 0.1) is 36.2 Å². The van der Waals surface area contributed by atoms with Crippen molar-refractivity contribution in [3.05, 3.63) is 67.8 Å². The SMILES string of the molecule is COc1ccc(CCc2ccc(OC)cc2[N+](=O)[O-])c([N+](=O)[O-])c1. The van der Waals surface area contributed by atoms with Crippen LogP contribution in [0.15, 0.2) is 36.4 Å². The molecule has 0 aromatic heterocycles. The van der Waals surface area contributed by atoms with Crippen LogP contribution in [-0.2, 0) is 12.8 Å². The van der Waals surface area contributed by atoms with E-state index in [1.165, 1.54) is 26.4 Å². The van der Waals surface area contributed by atoms with E-state index in [4.69, 9.17) is 9.47 Å². The van der Waals surface area contributed by atoms with Crippen LogP contribution in [0.2, 0.25) is 0 Å². The van der Waals surface area contributed by atoms with Gasteiger partial charge in [-0.1, -0.05) is 0 Å². The van der Waals surface area contributed by atoms with E-state index >= 15 is 0 Å². The van der Waals surface area contributed by atoms with Crippen molar-refractivity contribution in [2.75, 3.05) is 14.2 Å². The van der Waals surface area contributed by atoms with Crippen LogP contribution in [0.4, 0.5) is 11.4 Å². The van der Waals surface area contributed by atoms with E-state index in [0.717, 1.165) is 0 Å². The quantitative estimate of drug-likeness (QED) is 0.569. The lowest BCUT2D eigenvalue weighted by Crippen LogP contribution is -2.01. The van der Waals surface area contributed by atoms with Gasteiger partial charge >= 0.3 is 0 Å². The Labute approximate surface area is 137 Å². The Kier molecular flexibility index (Phi) is 5.31. The molecule has 2 rings (SSSR count). The average molecular weight is 332 g/mol. The number of aryl methyl sites for hydroxylation is 2. The van der Waals surface area contributed by atoms with Gasteiger partial charge in [0.25, 0.3) is 11.4 Å². The number of ether oxygens (including phenoxy) is 2. The predicted molar refractivity (Wildman–Crippen MR) is 86.7 cm³/mol. The first kappa shape index (κ1) is 17.2. The molecule has 8 nitrogen and oxygen atoms in total. The van der Waals surface area contributed by atoms with Gasteiger partial charge in [0.1, 0.15) is 11.5 Å². The van der Waals surface area contributed by atoms with Crippen LogP contribution in [-0.4, -0.2) is 24.1 Å². The maximum absolute atomic E-state index is 11.2. The van der Waals surface area contributed by atoms with Gasteiger partial charge in [-0.2, -0.15) is 0 Å². The molecule has 0 aliphatic heterocycles. The summed E-state index contributed by atoms with van der Waals surface area (Å²) in [5, 5.41) is 22.4. The van der Waals surface area contributed by atoms with Gasteiger partial charge in [-0.3, -0.25) is 20.2 Å². The van der Waals surface area contributed by atoms with Crippen molar-refractivity contribution in [1.29, 1.82) is 0 Å². The minimum Gasteiger partial charge on any atom is -0.497 e. The van der Waals surface area contributed by atoms with Gasteiger partial charge in [0.2, 0.25) is 0 Å². The molecule has 0 aliphatic rings. The topological polar surface area (TPSA) is 105 Å². The molecule has 8 heteroatoms. The highest BCUT2D eigenvalue weighted by molar-refractivity contribution is 5.49. The number of rotatable bonds is 7. The molecule has 0 atom stereocenters. The molecular weight excluding hydrogens is 316 g/mol. The normalized spacial score (nSPS) is 10.2. The fourth-order valence-electron chi connectivity index (χ4n) is 2.37. The third-order valence-corrected chi connectivity index (χ3v) is 3.64. The van der Waals surface area contributed by atoms with Gasteiger partial charge in [-0.05, 0) is 37.1 Å². The first-order chi connectivity index (χ1) is 11.5. The molecule has 0 saturated carbocycles. The van der Waals surface area contributed by atoms with Crippen LogP contribution in [0.3, 0.4) is 0 Å². The van der Waals surface area contributed by atoms with E-state index in [1.54, 1.807) is 24.3 Å². The number of benzene rings is 2. The molecule has 0 N–H and O–H groups in total. The second-order valence-electron chi connectivity index (χ2n) is 5.00. The lowest BCUT2D eigenvalue weighted by molar-refractivity contribution is -0.386. The van der Waals surface area contributed by atoms with Crippen molar-refractivity contribution in [2.24, 2.45) is 0 Å². The molecule has 0 aliphatic carbocycles. The maximum Gasteiger partial charge on any atom is 0.276 e. The molecule has 24 heavy (non-hydrogen) atoms. The fourth-order valence-corrected chi connectivity index (χ4v) is 2.37. The highest BCUT2D eigenvalue weighted by Gasteiger charge is 2.18. The standard InChI is InChI=1S/C16H16N2O6/c1-23-13-7-5-11(15(9-13)17(19)20)3-4-12-6-8-14(24-2)10-16(12)18(21)22/h5-10H,3-4H2,1-2H3. The summed E-state index contributed by atoms with van der Waals surface area (Å²) in [7, 11) is 2.86. The Morgan fingerprint density at radius 3 is 1.46 bits per heavy atom. The first-order valence-electron chi connectivity index (χ1n) is 7.09. The number of hydrogen-bond acceptors (Lipinski definition) is 6. The molecule has 0 saturated heterocycles. The van der Waals surface area contributed by atoms with E-state index in [1.807, 2.05) is 0 Å². The minimum absolute atomic E-state index is 0.0643. The second kappa shape index (κ2) is 7.40. The Morgan fingerprint density at radius 1 is 0.792 bits per heavy atom. The average Bonchev–Trinajstić information content (AvgIpc) is 2.59. The minimum atomic E-state index is -0.486. The Bertz CT molecular complexity index is 710. The molecule has 0 heterocycles. The third kappa shape index (κ3) is 3.78. The molecule has 0 fully saturated rings. The van der Waals surface area contributed by atoms with Crippen molar-refractivity contribution in [2.45, 2.75) is 12.8 Å². The highest BCUT2D eigenvalue weighted by atomic mass is 16.6. The molecule has 0 radical (unpaired) electrons. The molecule has 2 aromatic carbocycles. The number of nitrogens with zero attached hydrogens (tertiary/aromatic N) is 2. The number of methoxy groups -OCH3 is 2. The molecule has 0 unspecified atom stereocenters. The summed E-state index contributed by atoms with van der Waals surface area (Å²) < 4.78 is 9.98. The molecular formula is C16H16N2O6. The van der Waals surface area contributed by atoms with E-state index in [9.17, 15) is 20.2 Å². The van der Waals surface area contributed by atoms with Gasteiger partial charge in [-0.25, -0.2) is 0 Å². The van der Waals surface area contributed by atoms with Gasteiger partial charge in [-0.15, -0.1) is 0 Å². The van der Waals surface area contributed by atoms with Crippen molar-refractivity contribution < 1.29 is 19.3 Å². The molecule has 0 spiro atoms. The Morgan fingerprint density at radius 2 is 1.17 bits per heavy atom. The van der Waals surface area contributed by atoms with Crippen molar-refractivity contribution in [1.82, 2.24) is 0 Å². The fraction of sp³-hybridized carbons (Fsp3) is 0.250. The third-order valence-electron chi connectivity index (χ3n) is 3.64. The highest BCUT2D eigenvalue weighted by Crippen LogP contribution is 2.29.